The minimum absolute atomic E-state index is 0. The highest BCUT2D eigenvalue weighted by Gasteiger charge is 2.51. The minimum Gasteiger partial charge on any atom is -0.450 e. The number of carbonyl (C=O) groups is 1. The van der Waals surface area contributed by atoms with Gasteiger partial charge < -0.3 is 19.9 Å². The molecule has 1 aliphatic carbocycles. The Bertz CT molecular complexity index is 729. The number of ether oxygens (including phenoxy) is 1. The monoisotopic (exact) mass is 419 g/mol. The Balaban J connectivity index is 0.00000205. The molecule has 0 aromatic heterocycles. The molecule has 4 aliphatic rings. The van der Waals surface area contributed by atoms with E-state index in [0.717, 1.165) is 38.0 Å². The summed E-state index contributed by atoms with van der Waals surface area (Å²) in [7, 11) is 0. The predicted octanol–water partition coefficient (Wildman–Crippen LogP) is 3.98. The van der Waals surface area contributed by atoms with Crippen molar-refractivity contribution in [3.05, 3.63) is 35.4 Å². The lowest BCUT2D eigenvalue weighted by molar-refractivity contribution is -0.0119. The summed E-state index contributed by atoms with van der Waals surface area (Å²) in [6.45, 7) is 7.62. The third-order valence-corrected chi connectivity index (χ3v) is 7.77. The van der Waals surface area contributed by atoms with Crippen LogP contribution in [0.3, 0.4) is 0 Å². The second-order valence-corrected chi connectivity index (χ2v) is 9.36. The third kappa shape index (κ3) is 3.89. The highest BCUT2D eigenvalue weighted by Crippen LogP contribution is 2.51. The van der Waals surface area contributed by atoms with Gasteiger partial charge in [-0.2, -0.15) is 0 Å². The number of amides is 1. The second-order valence-electron chi connectivity index (χ2n) is 9.36. The van der Waals surface area contributed by atoms with Gasteiger partial charge in [0.15, 0.2) is 0 Å². The first-order chi connectivity index (χ1) is 13.7. The molecular formula is C23H34ClN3O2. The first-order valence-electron chi connectivity index (χ1n) is 11.1. The van der Waals surface area contributed by atoms with Gasteiger partial charge in [-0.1, -0.05) is 24.3 Å². The van der Waals surface area contributed by atoms with Crippen LogP contribution in [0.5, 0.6) is 0 Å². The molecular weight excluding hydrogens is 386 g/mol. The van der Waals surface area contributed by atoms with Gasteiger partial charge in [-0.15, -0.1) is 12.4 Å². The largest absolute Gasteiger partial charge is 0.450 e. The van der Waals surface area contributed by atoms with Gasteiger partial charge in [0.1, 0.15) is 0 Å². The van der Waals surface area contributed by atoms with Crippen LogP contribution in [0.1, 0.15) is 56.2 Å². The molecule has 1 aromatic carbocycles. The van der Waals surface area contributed by atoms with Gasteiger partial charge in [-0.05, 0) is 74.6 Å². The molecule has 1 amide bonds. The summed E-state index contributed by atoms with van der Waals surface area (Å²) >= 11 is 0. The van der Waals surface area contributed by atoms with E-state index in [1.807, 2.05) is 11.8 Å². The van der Waals surface area contributed by atoms with Crippen LogP contribution in [0, 0.1) is 11.3 Å². The number of rotatable bonds is 3. The lowest BCUT2D eigenvalue weighted by Gasteiger charge is -2.52. The number of likely N-dealkylation sites (tertiary alicyclic amines) is 2. The minimum atomic E-state index is -0.118. The van der Waals surface area contributed by atoms with E-state index < -0.39 is 0 Å². The fraction of sp³-hybridized carbons (Fsp3) is 0.696. The third-order valence-electron chi connectivity index (χ3n) is 7.77. The van der Waals surface area contributed by atoms with Crippen molar-refractivity contribution in [2.45, 2.75) is 57.7 Å². The molecule has 0 bridgehead atoms. The van der Waals surface area contributed by atoms with E-state index in [2.05, 4.69) is 34.5 Å². The van der Waals surface area contributed by atoms with Crippen LogP contribution in [0.2, 0.25) is 0 Å². The number of halogens is 1. The Kier molecular flexibility index (Phi) is 6.10. The molecule has 3 fully saturated rings. The number of fused-ring (bicyclic) bond motifs is 1. The van der Waals surface area contributed by atoms with Crippen LogP contribution in [0.25, 0.3) is 0 Å². The number of piperidine rings is 1. The van der Waals surface area contributed by atoms with Gasteiger partial charge in [0.05, 0.1) is 6.61 Å². The lowest BCUT2D eigenvalue weighted by atomic mass is 9.64. The van der Waals surface area contributed by atoms with Crippen LogP contribution in [-0.2, 0) is 11.3 Å². The van der Waals surface area contributed by atoms with Gasteiger partial charge in [0.2, 0.25) is 0 Å². The zero-order valence-corrected chi connectivity index (χ0v) is 18.3. The Morgan fingerprint density at radius 1 is 1.21 bits per heavy atom. The van der Waals surface area contributed by atoms with Crippen molar-refractivity contribution in [3.63, 3.8) is 0 Å². The summed E-state index contributed by atoms with van der Waals surface area (Å²) in [6, 6.07) is 10.2. The Hall–Kier alpha value is -1.30. The summed E-state index contributed by atoms with van der Waals surface area (Å²) in [5.74, 6) is 0.764. The van der Waals surface area contributed by atoms with E-state index >= 15 is 0 Å². The van der Waals surface area contributed by atoms with Crippen LogP contribution in [0.15, 0.2) is 24.3 Å². The van der Waals surface area contributed by atoms with Crippen LogP contribution in [-0.4, -0.2) is 54.7 Å². The van der Waals surface area contributed by atoms with Crippen molar-refractivity contribution in [1.82, 2.24) is 15.1 Å². The fourth-order valence-electron chi connectivity index (χ4n) is 6.20. The molecule has 1 spiro atoms. The van der Waals surface area contributed by atoms with E-state index in [-0.39, 0.29) is 18.5 Å². The normalized spacial score (nSPS) is 32.0. The predicted molar refractivity (Wildman–Crippen MR) is 116 cm³/mol. The fourth-order valence-corrected chi connectivity index (χ4v) is 6.20. The molecule has 1 unspecified atom stereocenters. The maximum absolute atomic E-state index is 12.0. The lowest BCUT2D eigenvalue weighted by Crippen LogP contribution is -2.54. The van der Waals surface area contributed by atoms with Gasteiger partial charge in [-0.25, -0.2) is 4.79 Å². The summed E-state index contributed by atoms with van der Waals surface area (Å²) < 4.78 is 5.19. The second kappa shape index (κ2) is 8.44. The Morgan fingerprint density at radius 3 is 2.72 bits per heavy atom. The summed E-state index contributed by atoms with van der Waals surface area (Å²) in [4.78, 5) is 16.7. The first-order valence-corrected chi connectivity index (χ1v) is 11.1. The zero-order chi connectivity index (χ0) is 19.1. The molecule has 5 rings (SSSR count). The van der Waals surface area contributed by atoms with Crippen molar-refractivity contribution in [3.8, 4) is 0 Å². The topological polar surface area (TPSA) is 44.8 Å². The number of carbonyl (C=O) groups excluding carboxylic acids is 1. The molecule has 29 heavy (non-hydrogen) atoms. The molecule has 1 aromatic rings. The molecule has 3 heterocycles. The number of nitrogens with one attached hydrogen (secondary N) is 1. The first kappa shape index (κ1) is 21.0. The van der Waals surface area contributed by atoms with Crippen molar-refractivity contribution in [1.29, 1.82) is 0 Å². The van der Waals surface area contributed by atoms with Crippen molar-refractivity contribution < 1.29 is 9.53 Å². The van der Waals surface area contributed by atoms with Crippen LogP contribution >= 0.6 is 12.4 Å². The van der Waals surface area contributed by atoms with E-state index in [9.17, 15) is 4.79 Å². The summed E-state index contributed by atoms with van der Waals surface area (Å²) in [5, 5.41) is 3.76. The van der Waals surface area contributed by atoms with Gasteiger partial charge in [-0.3, -0.25) is 0 Å². The molecule has 5 nitrogen and oxygen atoms in total. The van der Waals surface area contributed by atoms with Gasteiger partial charge in [0, 0.05) is 31.7 Å². The maximum Gasteiger partial charge on any atom is 0.409 e. The Morgan fingerprint density at radius 2 is 1.97 bits per heavy atom. The van der Waals surface area contributed by atoms with Gasteiger partial charge in [0.25, 0.3) is 0 Å². The molecule has 6 heteroatoms. The average Bonchev–Trinajstić information content (AvgIpc) is 3.32. The van der Waals surface area contributed by atoms with E-state index in [0.29, 0.717) is 18.1 Å². The molecule has 160 valence electrons. The Labute approximate surface area is 180 Å². The number of nitrogens with zero attached hydrogens (tertiary/aromatic N) is 2. The van der Waals surface area contributed by atoms with Crippen molar-refractivity contribution in [2.24, 2.45) is 11.3 Å². The SMILES string of the molecule is CCOC(=O)N1CCC2(CC(N3CCC(C4NCc5ccccc54)CC3)C2)C1.Cl. The molecule has 3 aliphatic heterocycles. The molecule has 1 atom stereocenters. The highest BCUT2D eigenvalue weighted by molar-refractivity contribution is 5.85. The highest BCUT2D eigenvalue weighted by atomic mass is 35.5. The standard InChI is InChI=1S/C23H33N3O2.ClH/c1-2-28-22(27)26-12-9-23(16-26)13-19(14-23)25-10-7-17(8-11-25)21-20-6-4-3-5-18(20)15-24-21;/h3-6,17,19,21,24H,2,7-16H2,1H3;1H. The molecule has 2 saturated heterocycles. The van der Waals surface area contributed by atoms with Crippen LogP contribution in [0.4, 0.5) is 4.79 Å². The smallest absolute Gasteiger partial charge is 0.409 e. The molecule has 1 saturated carbocycles. The average molecular weight is 420 g/mol. The van der Waals surface area contributed by atoms with E-state index in [1.54, 1.807) is 0 Å². The summed E-state index contributed by atoms with van der Waals surface area (Å²) in [6.07, 6.45) is 6.15. The quantitative estimate of drug-likeness (QED) is 0.804. The molecule has 0 radical (unpaired) electrons. The van der Waals surface area contributed by atoms with Crippen molar-refractivity contribution in [2.75, 3.05) is 32.8 Å². The van der Waals surface area contributed by atoms with Crippen LogP contribution < -0.4 is 5.32 Å². The van der Waals surface area contributed by atoms with Crippen molar-refractivity contribution >= 4 is 18.5 Å². The zero-order valence-electron chi connectivity index (χ0n) is 17.4. The maximum atomic E-state index is 12.0. The number of hydrogen-bond acceptors (Lipinski definition) is 4. The molecule has 1 N–H and O–H groups in total. The van der Waals surface area contributed by atoms with E-state index in [1.165, 1.54) is 49.9 Å². The van der Waals surface area contributed by atoms with Gasteiger partial charge >= 0.3 is 6.09 Å². The van der Waals surface area contributed by atoms with E-state index in [4.69, 9.17) is 4.74 Å². The number of benzene rings is 1. The number of hydrogen-bond donors (Lipinski definition) is 1. The summed E-state index contributed by atoms with van der Waals surface area (Å²) in [5.41, 5.74) is 3.40.